The molecule has 0 saturated carbocycles. The lowest BCUT2D eigenvalue weighted by Gasteiger charge is -2.27. The van der Waals surface area contributed by atoms with Gasteiger partial charge in [-0.25, -0.2) is 4.79 Å². The third kappa shape index (κ3) is 12.7. The first-order chi connectivity index (χ1) is 15.4. The SMILES string of the molecule is CSCCC(N)C(=O)NC(C(=O)NC(CCSC)C(=O)NC(CCC(=O)O)C(=O)O)C(C)C. The van der Waals surface area contributed by atoms with E-state index in [1.165, 1.54) is 11.8 Å². The van der Waals surface area contributed by atoms with E-state index >= 15 is 0 Å². The Labute approximate surface area is 202 Å². The molecular formula is C20H36N4O7S2. The number of amides is 3. The second-order valence-corrected chi connectivity index (χ2v) is 9.76. The van der Waals surface area contributed by atoms with E-state index < -0.39 is 60.2 Å². The summed E-state index contributed by atoms with van der Waals surface area (Å²) in [7, 11) is 0. The smallest absolute Gasteiger partial charge is 0.326 e. The molecule has 0 spiro atoms. The van der Waals surface area contributed by atoms with Gasteiger partial charge in [-0.2, -0.15) is 23.5 Å². The molecule has 0 aromatic rings. The molecule has 33 heavy (non-hydrogen) atoms. The summed E-state index contributed by atoms with van der Waals surface area (Å²) in [6, 6.07) is -4.17. The molecule has 0 aromatic heterocycles. The number of rotatable bonds is 17. The van der Waals surface area contributed by atoms with Gasteiger partial charge in [0, 0.05) is 6.42 Å². The Balaban J connectivity index is 5.34. The summed E-state index contributed by atoms with van der Waals surface area (Å²) in [6.07, 6.45) is 3.65. The lowest BCUT2D eigenvalue weighted by atomic mass is 10.0. The van der Waals surface area contributed by atoms with Gasteiger partial charge in [-0.15, -0.1) is 0 Å². The van der Waals surface area contributed by atoms with Crippen molar-refractivity contribution in [1.29, 1.82) is 0 Å². The van der Waals surface area contributed by atoms with Crippen LogP contribution in [0.15, 0.2) is 0 Å². The van der Waals surface area contributed by atoms with Gasteiger partial charge in [0.1, 0.15) is 18.1 Å². The molecule has 0 saturated heterocycles. The maximum atomic E-state index is 12.9. The highest BCUT2D eigenvalue weighted by molar-refractivity contribution is 7.98. The standard InChI is InChI=1S/C20H36N4O7S2/c1-11(2)16(24-17(27)12(21)7-9-32-3)19(29)22-13(8-10-33-4)18(28)23-14(20(30)31)5-6-15(25)26/h11-14,16H,5-10,21H2,1-4H3,(H,22,29)(H,23,28)(H,24,27)(H,25,26)(H,30,31). The molecule has 0 rings (SSSR count). The second kappa shape index (κ2) is 16.6. The molecule has 0 aromatic carbocycles. The van der Waals surface area contributed by atoms with E-state index in [1.807, 2.05) is 12.5 Å². The van der Waals surface area contributed by atoms with Gasteiger partial charge >= 0.3 is 11.9 Å². The number of carboxylic acids is 2. The van der Waals surface area contributed by atoms with Crippen molar-refractivity contribution in [2.75, 3.05) is 24.0 Å². The van der Waals surface area contributed by atoms with Gasteiger partial charge in [0.2, 0.25) is 17.7 Å². The van der Waals surface area contributed by atoms with Gasteiger partial charge in [0.15, 0.2) is 0 Å². The molecule has 0 radical (unpaired) electrons. The number of aliphatic carboxylic acids is 2. The molecule has 13 heteroatoms. The number of carbonyl (C=O) groups excluding carboxylic acids is 3. The molecule has 0 aliphatic heterocycles. The highest BCUT2D eigenvalue weighted by Gasteiger charge is 2.31. The van der Waals surface area contributed by atoms with Crippen LogP contribution in [0, 0.1) is 5.92 Å². The van der Waals surface area contributed by atoms with E-state index in [-0.39, 0.29) is 18.8 Å². The summed E-state index contributed by atoms with van der Waals surface area (Å²) < 4.78 is 0. The van der Waals surface area contributed by atoms with Crippen LogP contribution in [0.4, 0.5) is 0 Å². The zero-order valence-electron chi connectivity index (χ0n) is 19.5. The molecule has 0 aliphatic carbocycles. The van der Waals surface area contributed by atoms with Crippen molar-refractivity contribution in [2.24, 2.45) is 11.7 Å². The Morgan fingerprint density at radius 2 is 1.33 bits per heavy atom. The zero-order valence-corrected chi connectivity index (χ0v) is 21.1. The van der Waals surface area contributed by atoms with E-state index in [4.69, 9.17) is 10.8 Å². The second-order valence-electron chi connectivity index (χ2n) is 7.79. The summed E-state index contributed by atoms with van der Waals surface area (Å²) >= 11 is 2.99. The fraction of sp³-hybridized carbons (Fsp3) is 0.750. The lowest BCUT2D eigenvalue weighted by Crippen LogP contribution is -2.58. The number of hydrogen-bond donors (Lipinski definition) is 6. The summed E-state index contributed by atoms with van der Waals surface area (Å²) in [5, 5.41) is 25.6. The number of nitrogens with two attached hydrogens (primary N) is 1. The van der Waals surface area contributed by atoms with Crippen molar-refractivity contribution in [1.82, 2.24) is 16.0 Å². The maximum Gasteiger partial charge on any atom is 0.326 e. The average molecular weight is 509 g/mol. The van der Waals surface area contributed by atoms with Gasteiger partial charge in [-0.05, 0) is 49.2 Å². The molecule has 4 atom stereocenters. The number of carboxylic acid groups (broad SMARTS) is 2. The molecule has 0 heterocycles. The predicted molar refractivity (Wildman–Crippen MR) is 129 cm³/mol. The fourth-order valence-electron chi connectivity index (χ4n) is 2.73. The van der Waals surface area contributed by atoms with Gasteiger partial charge < -0.3 is 31.9 Å². The largest absolute Gasteiger partial charge is 0.481 e. The van der Waals surface area contributed by atoms with E-state index in [9.17, 15) is 29.1 Å². The van der Waals surface area contributed by atoms with Crippen LogP contribution in [-0.2, 0) is 24.0 Å². The molecule has 4 unspecified atom stereocenters. The third-order valence-electron chi connectivity index (χ3n) is 4.72. The van der Waals surface area contributed by atoms with Gasteiger partial charge in [0.25, 0.3) is 0 Å². The van der Waals surface area contributed by atoms with Crippen LogP contribution in [0.3, 0.4) is 0 Å². The van der Waals surface area contributed by atoms with E-state index in [0.29, 0.717) is 17.9 Å². The maximum absolute atomic E-state index is 12.9. The zero-order chi connectivity index (χ0) is 25.6. The van der Waals surface area contributed by atoms with E-state index in [0.717, 1.165) is 0 Å². The summed E-state index contributed by atoms with van der Waals surface area (Å²) in [4.78, 5) is 60.2. The van der Waals surface area contributed by atoms with Crippen LogP contribution in [0.1, 0.15) is 39.5 Å². The van der Waals surface area contributed by atoms with Crippen molar-refractivity contribution in [3.63, 3.8) is 0 Å². The van der Waals surface area contributed by atoms with E-state index in [1.54, 1.807) is 25.6 Å². The first kappa shape index (κ1) is 31.0. The Bertz CT molecular complexity index is 679. The van der Waals surface area contributed by atoms with Crippen molar-refractivity contribution >= 4 is 53.2 Å². The fourth-order valence-corrected chi connectivity index (χ4v) is 3.70. The lowest BCUT2D eigenvalue weighted by molar-refractivity contribution is -0.143. The van der Waals surface area contributed by atoms with Gasteiger partial charge in [-0.1, -0.05) is 13.8 Å². The summed E-state index contributed by atoms with van der Waals surface area (Å²) in [6.45, 7) is 3.47. The van der Waals surface area contributed by atoms with Crippen LogP contribution in [0.5, 0.6) is 0 Å². The number of hydrogen-bond acceptors (Lipinski definition) is 8. The first-order valence-electron chi connectivity index (χ1n) is 10.5. The molecular weight excluding hydrogens is 472 g/mol. The Kier molecular flexibility index (Phi) is 15.6. The Hall–Kier alpha value is -1.99. The van der Waals surface area contributed by atoms with Crippen LogP contribution >= 0.6 is 23.5 Å². The average Bonchev–Trinajstić information content (AvgIpc) is 2.74. The molecule has 0 fully saturated rings. The van der Waals surface area contributed by atoms with Gasteiger partial charge in [-0.3, -0.25) is 19.2 Å². The van der Waals surface area contributed by atoms with Crippen LogP contribution in [-0.4, -0.2) is 88.1 Å². The summed E-state index contributed by atoms with van der Waals surface area (Å²) in [5.41, 5.74) is 5.88. The minimum absolute atomic E-state index is 0.218. The monoisotopic (exact) mass is 508 g/mol. The number of thioether (sulfide) groups is 2. The number of nitrogens with one attached hydrogen (secondary N) is 3. The van der Waals surface area contributed by atoms with Crippen LogP contribution < -0.4 is 21.7 Å². The van der Waals surface area contributed by atoms with Crippen molar-refractivity contribution in [3.8, 4) is 0 Å². The van der Waals surface area contributed by atoms with Crippen LogP contribution in [0.2, 0.25) is 0 Å². The molecule has 7 N–H and O–H groups in total. The summed E-state index contributed by atoms with van der Waals surface area (Å²) in [5.74, 6) is -3.45. The van der Waals surface area contributed by atoms with Crippen molar-refractivity contribution in [2.45, 2.75) is 63.7 Å². The molecule has 11 nitrogen and oxygen atoms in total. The first-order valence-corrected chi connectivity index (χ1v) is 13.3. The third-order valence-corrected chi connectivity index (χ3v) is 6.01. The van der Waals surface area contributed by atoms with Gasteiger partial charge in [0.05, 0.1) is 6.04 Å². The predicted octanol–water partition coefficient (Wildman–Crippen LogP) is -0.120. The highest BCUT2D eigenvalue weighted by Crippen LogP contribution is 2.08. The Morgan fingerprint density at radius 1 is 0.788 bits per heavy atom. The number of carbonyl (C=O) groups is 5. The van der Waals surface area contributed by atoms with Crippen molar-refractivity contribution in [3.05, 3.63) is 0 Å². The molecule has 190 valence electrons. The highest BCUT2D eigenvalue weighted by atomic mass is 32.2. The quantitative estimate of drug-likeness (QED) is 0.154. The van der Waals surface area contributed by atoms with Crippen LogP contribution in [0.25, 0.3) is 0 Å². The topological polar surface area (TPSA) is 188 Å². The normalized spacial score (nSPS) is 14.6. The van der Waals surface area contributed by atoms with Crippen molar-refractivity contribution < 1.29 is 34.2 Å². The minimum Gasteiger partial charge on any atom is -0.481 e. The molecule has 3 amide bonds. The minimum atomic E-state index is -1.41. The molecule has 0 bridgehead atoms. The Morgan fingerprint density at radius 3 is 1.82 bits per heavy atom. The van der Waals surface area contributed by atoms with E-state index in [2.05, 4.69) is 16.0 Å². The molecule has 0 aliphatic rings.